The van der Waals surface area contributed by atoms with Gasteiger partial charge in [-0.05, 0) is 49.2 Å². The van der Waals surface area contributed by atoms with Gasteiger partial charge in [-0.2, -0.15) is 0 Å². The topological polar surface area (TPSA) is 49.4 Å². The number of amides is 2. The molecule has 1 heterocycles. The first-order valence-corrected chi connectivity index (χ1v) is 8.54. The van der Waals surface area contributed by atoms with Gasteiger partial charge in [0.2, 0.25) is 5.91 Å². The van der Waals surface area contributed by atoms with E-state index in [-0.39, 0.29) is 28.8 Å². The van der Waals surface area contributed by atoms with Gasteiger partial charge in [0.1, 0.15) is 5.82 Å². The first kappa shape index (κ1) is 17.4. The number of carbonyl (C=O) groups is 2. The third-order valence-electron chi connectivity index (χ3n) is 4.21. The van der Waals surface area contributed by atoms with Gasteiger partial charge in [0.15, 0.2) is 0 Å². The number of likely N-dealkylation sites (tertiary alicyclic amines) is 1. The van der Waals surface area contributed by atoms with Gasteiger partial charge in [-0.25, -0.2) is 4.39 Å². The molecule has 0 aromatic heterocycles. The van der Waals surface area contributed by atoms with Crippen molar-refractivity contribution in [2.24, 2.45) is 0 Å². The molecule has 2 amide bonds. The summed E-state index contributed by atoms with van der Waals surface area (Å²) in [7, 11) is 0. The maximum absolute atomic E-state index is 13.7. The highest BCUT2D eigenvalue weighted by Gasteiger charge is 2.19. The Bertz CT molecular complexity index is 766. The minimum atomic E-state index is -0.505. The largest absolute Gasteiger partial charge is 0.339 e. The van der Waals surface area contributed by atoms with E-state index in [0.29, 0.717) is 11.3 Å². The quantitative estimate of drug-likeness (QED) is 0.899. The van der Waals surface area contributed by atoms with Crippen molar-refractivity contribution < 1.29 is 14.0 Å². The third kappa shape index (κ3) is 4.17. The zero-order valence-electron chi connectivity index (χ0n) is 13.6. The lowest BCUT2D eigenvalue weighted by atomic mass is 10.1. The fraction of sp³-hybridized carbons (Fsp3) is 0.263. The fourth-order valence-electron chi connectivity index (χ4n) is 2.87. The molecule has 2 aromatic rings. The number of benzene rings is 2. The number of hydrogen-bond acceptors (Lipinski definition) is 2. The van der Waals surface area contributed by atoms with Crippen LogP contribution in [-0.2, 0) is 11.2 Å². The van der Waals surface area contributed by atoms with Gasteiger partial charge >= 0.3 is 0 Å². The second-order valence-electron chi connectivity index (χ2n) is 6.00. The highest BCUT2D eigenvalue weighted by atomic mass is 35.5. The van der Waals surface area contributed by atoms with Gasteiger partial charge in [-0.3, -0.25) is 9.59 Å². The molecular formula is C19H18ClFN2O2. The Balaban J connectivity index is 1.63. The maximum Gasteiger partial charge on any atom is 0.253 e. The summed E-state index contributed by atoms with van der Waals surface area (Å²) >= 11 is 5.93. The zero-order valence-corrected chi connectivity index (χ0v) is 14.4. The van der Waals surface area contributed by atoms with E-state index in [2.05, 4.69) is 5.32 Å². The van der Waals surface area contributed by atoms with E-state index < -0.39 is 5.82 Å². The van der Waals surface area contributed by atoms with Crippen LogP contribution in [0.3, 0.4) is 0 Å². The molecule has 0 unspecified atom stereocenters. The van der Waals surface area contributed by atoms with E-state index in [9.17, 15) is 14.0 Å². The Hall–Kier alpha value is -2.40. The summed E-state index contributed by atoms with van der Waals surface area (Å²) in [6.45, 7) is 1.58. The van der Waals surface area contributed by atoms with Crippen LogP contribution in [0.4, 0.5) is 10.1 Å². The van der Waals surface area contributed by atoms with Gasteiger partial charge in [-0.15, -0.1) is 0 Å². The summed E-state index contributed by atoms with van der Waals surface area (Å²) in [6.07, 6.45) is 1.93. The number of nitrogens with zero attached hydrogens (tertiary/aromatic N) is 1. The van der Waals surface area contributed by atoms with Crippen LogP contribution in [0.25, 0.3) is 0 Å². The molecular weight excluding hydrogens is 343 g/mol. The molecule has 2 aromatic carbocycles. The summed E-state index contributed by atoms with van der Waals surface area (Å²) in [5.41, 5.74) is 1.31. The summed E-state index contributed by atoms with van der Waals surface area (Å²) in [5, 5.41) is 2.92. The predicted octanol–water partition coefficient (Wildman–Crippen LogP) is 3.90. The number of halogens is 2. The highest BCUT2D eigenvalue weighted by molar-refractivity contribution is 6.31. The number of hydrogen-bond donors (Lipinski definition) is 1. The van der Waals surface area contributed by atoms with E-state index in [4.69, 9.17) is 11.6 Å². The van der Waals surface area contributed by atoms with Crippen molar-refractivity contribution in [1.82, 2.24) is 4.90 Å². The van der Waals surface area contributed by atoms with Gasteiger partial charge in [0.25, 0.3) is 5.91 Å². The van der Waals surface area contributed by atoms with Crippen molar-refractivity contribution in [3.8, 4) is 0 Å². The van der Waals surface area contributed by atoms with Crippen LogP contribution in [-0.4, -0.2) is 29.8 Å². The minimum Gasteiger partial charge on any atom is -0.339 e. The molecule has 25 heavy (non-hydrogen) atoms. The second-order valence-corrected chi connectivity index (χ2v) is 6.41. The fourth-order valence-corrected chi connectivity index (χ4v) is 3.10. The normalized spacial score (nSPS) is 13.8. The molecule has 4 nitrogen and oxygen atoms in total. The monoisotopic (exact) mass is 360 g/mol. The van der Waals surface area contributed by atoms with Crippen LogP contribution in [0.15, 0.2) is 42.5 Å². The molecule has 1 N–H and O–H groups in total. The van der Waals surface area contributed by atoms with Crippen molar-refractivity contribution in [2.45, 2.75) is 19.3 Å². The molecule has 6 heteroatoms. The number of rotatable bonds is 4. The molecule has 0 saturated carbocycles. The van der Waals surface area contributed by atoms with Crippen LogP contribution in [0.2, 0.25) is 5.02 Å². The molecule has 0 atom stereocenters. The van der Waals surface area contributed by atoms with Crippen molar-refractivity contribution in [3.05, 3.63) is 64.4 Å². The summed E-state index contributed by atoms with van der Waals surface area (Å²) in [6, 6.07) is 11.0. The number of nitrogens with one attached hydrogen (secondary N) is 1. The Kier molecular flexibility index (Phi) is 5.34. The minimum absolute atomic E-state index is 0.00788. The van der Waals surface area contributed by atoms with Gasteiger partial charge in [0, 0.05) is 34.9 Å². The molecule has 0 bridgehead atoms. The first-order chi connectivity index (χ1) is 12.0. The highest BCUT2D eigenvalue weighted by Crippen LogP contribution is 2.20. The van der Waals surface area contributed by atoms with Gasteiger partial charge in [-0.1, -0.05) is 17.7 Å². The van der Waals surface area contributed by atoms with Crippen molar-refractivity contribution in [1.29, 1.82) is 0 Å². The SMILES string of the molecule is O=C(Cc1c(F)cccc1Cl)Nc1ccc(C(=O)N2CCCC2)cc1. The molecule has 1 fully saturated rings. The molecule has 0 spiro atoms. The molecule has 130 valence electrons. The lowest BCUT2D eigenvalue weighted by Gasteiger charge is -2.15. The molecule has 1 aliphatic heterocycles. The number of carbonyl (C=O) groups excluding carboxylic acids is 2. The summed E-state index contributed by atoms with van der Waals surface area (Å²) in [5.74, 6) is -0.867. The second kappa shape index (κ2) is 7.66. The van der Waals surface area contributed by atoms with Gasteiger partial charge < -0.3 is 10.2 Å². The Morgan fingerprint density at radius 3 is 2.40 bits per heavy atom. The molecule has 1 saturated heterocycles. The van der Waals surface area contributed by atoms with E-state index in [1.807, 2.05) is 4.90 Å². The predicted molar refractivity (Wildman–Crippen MR) is 95.3 cm³/mol. The maximum atomic E-state index is 13.7. The van der Waals surface area contributed by atoms with Crippen molar-refractivity contribution in [3.63, 3.8) is 0 Å². The smallest absolute Gasteiger partial charge is 0.253 e. The van der Waals surface area contributed by atoms with E-state index >= 15 is 0 Å². The average molecular weight is 361 g/mol. The van der Waals surface area contributed by atoms with Crippen LogP contribution in [0, 0.1) is 5.82 Å². The summed E-state index contributed by atoms with van der Waals surface area (Å²) in [4.78, 5) is 26.2. The Morgan fingerprint density at radius 1 is 1.08 bits per heavy atom. The summed E-state index contributed by atoms with van der Waals surface area (Å²) < 4.78 is 13.7. The van der Waals surface area contributed by atoms with Gasteiger partial charge in [0.05, 0.1) is 6.42 Å². The third-order valence-corrected chi connectivity index (χ3v) is 4.56. The zero-order chi connectivity index (χ0) is 17.8. The average Bonchev–Trinajstić information content (AvgIpc) is 3.13. The molecule has 0 radical (unpaired) electrons. The standard InChI is InChI=1S/C19H18ClFN2O2/c20-16-4-3-5-17(21)15(16)12-18(24)22-14-8-6-13(7-9-14)19(25)23-10-1-2-11-23/h3-9H,1-2,10-12H2,(H,22,24). The molecule has 1 aliphatic rings. The van der Waals surface area contributed by atoms with Crippen molar-refractivity contribution >= 4 is 29.1 Å². The van der Waals surface area contributed by atoms with Crippen LogP contribution < -0.4 is 5.32 Å². The lowest BCUT2D eigenvalue weighted by molar-refractivity contribution is -0.115. The van der Waals surface area contributed by atoms with E-state index in [0.717, 1.165) is 25.9 Å². The lowest BCUT2D eigenvalue weighted by Crippen LogP contribution is -2.27. The Labute approximate surface area is 150 Å². The Morgan fingerprint density at radius 2 is 1.76 bits per heavy atom. The molecule has 0 aliphatic carbocycles. The first-order valence-electron chi connectivity index (χ1n) is 8.16. The van der Waals surface area contributed by atoms with Crippen LogP contribution >= 0.6 is 11.6 Å². The van der Waals surface area contributed by atoms with Crippen LogP contribution in [0.5, 0.6) is 0 Å². The van der Waals surface area contributed by atoms with Crippen molar-refractivity contribution in [2.75, 3.05) is 18.4 Å². The van der Waals surface area contributed by atoms with E-state index in [1.165, 1.54) is 12.1 Å². The molecule has 3 rings (SSSR count). The van der Waals surface area contributed by atoms with Crippen LogP contribution in [0.1, 0.15) is 28.8 Å². The van der Waals surface area contributed by atoms with E-state index in [1.54, 1.807) is 30.3 Å². The number of anilines is 1.